The Balaban J connectivity index is 2.17. The average molecular weight is 410 g/mol. The molecule has 0 spiro atoms. The highest BCUT2D eigenvalue weighted by atomic mass is 79.9. The van der Waals surface area contributed by atoms with Crippen LogP contribution in [0.4, 0.5) is 0 Å². The van der Waals surface area contributed by atoms with E-state index in [2.05, 4.69) is 21.2 Å². The number of carbonyl (C=O) groups excluding carboxylic acids is 2. The topological polar surface area (TPSA) is 55.4 Å². The maximum Gasteiger partial charge on any atom is 0.336 e. The number of nitrogens with one attached hydrogen (secondary N) is 1. The fourth-order valence-electron chi connectivity index (χ4n) is 3.37. The summed E-state index contributed by atoms with van der Waals surface area (Å²) in [5, 5.41) is 3.29. The third-order valence-corrected chi connectivity index (χ3v) is 6.63. The Morgan fingerprint density at radius 1 is 1.42 bits per heavy atom. The van der Waals surface area contributed by atoms with Crippen molar-refractivity contribution in [2.45, 2.75) is 46.0 Å². The monoisotopic (exact) mass is 409 g/mol. The van der Waals surface area contributed by atoms with Gasteiger partial charge < -0.3 is 10.1 Å². The summed E-state index contributed by atoms with van der Waals surface area (Å²) >= 11 is 5.17. The molecule has 0 bridgehead atoms. The van der Waals surface area contributed by atoms with E-state index in [0.29, 0.717) is 18.6 Å². The first-order chi connectivity index (χ1) is 11.4. The Kier molecular flexibility index (Phi) is 4.97. The second-order valence-corrected chi connectivity index (χ2v) is 8.18. The molecule has 3 rings (SSSR count). The molecule has 2 aliphatic rings. The van der Waals surface area contributed by atoms with E-state index in [4.69, 9.17) is 4.74 Å². The summed E-state index contributed by atoms with van der Waals surface area (Å²) in [6.45, 7) is 6.02. The third kappa shape index (κ3) is 2.97. The first-order valence-corrected chi connectivity index (χ1v) is 9.72. The summed E-state index contributed by atoms with van der Waals surface area (Å²) < 4.78 is 6.28. The SMILES string of the molecule is CCOC(=O)C1=C(C)NC2=C(C(=O)CCC2)C1c1cc(Br)c(C)s1. The summed E-state index contributed by atoms with van der Waals surface area (Å²) in [4.78, 5) is 27.4. The van der Waals surface area contributed by atoms with E-state index in [0.717, 1.165) is 44.0 Å². The zero-order chi connectivity index (χ0) is 17.4. The summed E-state index contributed by atoms with van der Waals surface area (Å²) in [5.74, 6) is -0.548. The van der Waals surface area contributed by atoms with E-state index in [1.165, 1.54) is 0 Å². The number of hydrogen-bond donors (Lipinski definition) is 1. The minimum Gasteiger partial charge on any atom is -0.463 e. The van der Waals surface area contributed by atoms with E-state index >= 15 is 0 Å². The number of esters is 1. The van der Waals surface area contributed by atoms with Gasteiger partial charge in [0, 0.05) is 37.6 Å². The molecule has 1 unspecified atom stereocenters. The fraction of sp³-hybridized carbons (Fsp3) is 0.444. The second kappa shape index (κ2) is 6.84. The van der Waals surface area contributed by atoms with Gasteiger partial charge >= 0.3 is 5.97 Å². The first kappa shape index (κ1) is 17.4. The van der Waals surface area contributed by atoms with Crippen molar-refractivity contribution in [1.82, 2.24) is 5.32 Å². The lowest BCUT2D eigenvalue weighted by Crippen LogP contribution is -2.34. The number of hydrogen-bond acceptors (Lipinski definition) is 5. The third-order valence-electron chi connectivity index (χ3n) is 4.43. The number of Topliss-reactive ketones (excluding diaryl/α,β-unsaturated/α-hetero) is 1. The van der Waals surface area contributed by atoms with Gasteiger partial charge in [-0.25, -0.2) is 4.79 Å². The van der Waals surface area contributed by atoms with Crippen molar-refractivity contribution in [1.29, 1.82) is 0 Å². The van der Waals surface area contributed by atoms with Crippen LogP contribution in [0.15, 0.2) is 33.1 Å². The van der Waals surface area contributed by atoms with Crippen LogP contribution in [0.2, 0.25) is 0 Å². The van der Waals surface area contributed by atoms with Crippen molar-refractivity contribution in [3.05, 3.63) is 42.8 Å². The van der Waals surface area contributed by atoms with Crippen molar-refractivity contribution in [3.8, 4) is 0 Å². The Morgan fingerprint density at radius 3 is 2.79 bits per heavy atom. The lowest BCUT2D eigenvalue weighted by Gasteiger charge is -2.33. The highest BCUT2D eigenvalue weighted by Crippen LogP contribution is 2.45. The lowest BCUT2D eigenvalue weighted by atomic mass is 9.78. The Labute approximate surface area is 154 Å². The quantitative estimate of drug-likeness (QED) is 0.753. The molecule has 1 aromatic heterocycles. The van der Waals surface area contributed by atoms with Gasteiger partial charge in [-0.2, -0.15) is 0 Å². The number of aryl methyl sites for hydroxylation is 1. The molecule has 0 aromatic carbocycles. The molecule has 128 valence electrons. The summed E-state index contributed by atoms with van der Waals surface area (Å²) in [7, 11) is 0. The van der Waals surface area contributed by atoms with Crippen LogP contribution in [0.3, 0.4) is 0 Å². The minimum absolute atomic E-state index is 0.130. The van der Waals surface area contributed by atoms with Gasteiger partial charge in [-0.15, -0.1) is 11.3 Å². The summed E-state index contributed by atoms with van der Waals surface area (Å²) in [6.07, 6.45) is 2.24. The van der Waals surface area contributed by atoms with Crippen LogP contribution in [0, 0.1) is 6.92 Å². The lowest BCUT2D eigenvalue weighted by molar-refractivity contribution is -0.138. The normalized spacial score (nSPS) is 20.8. The van der Waals surface area contributed by atoms with Gasteiger partial charge in [-0.1, -0.05) is 0 Å². The molecule has 24 heavy (non-hydrogen) atoms. The summed E-state index contributed by atoms with van der Waals surface area (Å²) in [6, 6.07) is 2.02. The number of thiophene rings is 1. The second-order valence-electron chi connectivity index (χ2n) is 6.04. The van der Waals surface area contributed by atoms with Gasteiger partial charge in [0.2, 0.25) is 0 Å². The van der Waals surface area contributed by atoms with Gasteiger partial charge in [-0.3, -0.25) is 4.79 Å². The van der Waals surface area contributed by atoms with E-state index in [-0.39, 0.29) is 17.7 Å². The maximum atomic E-state index is 12.7. The van der Waals surface area contributed by atoms with Crippen molar-refractivity contribution >= 4 is 39.0 Å². The number of ketones is 1. The molecular formula is C18H20BrNO3S. The van der Waals surface area contributed by atoms with E-state index in [1.807, 2.05) is 19.9 Å². The fourth-order valence-corrected chi connectivity index (χ4v) is 5.05. The molecule has 6 heteroatoms. The standard InChI is InChI=1S/C18H20BrNO3S/c1-4-23-18(22)15-9(2)20-12-6-5-7-13(21)16(12)17(15)14-8-11(19)10(3)24-14/h8,17,20H,4-7H2,1-3H3. The maximum absolute atomic E-state index is 12.7. The predicted octanol–water partition coefficient (Wildman–Crippen LogP) is 4.35. The number of rotatable bonds is 3. The molecular weight excluding hydrogens is 390 g/mol. The molecule has 1 N–H and O–H groups in total. The van der Waals surface area contributed by atoms with Crippen LogP contribution in [0.25, 0.3) is 0 Å². The van der Waals surface area contributed by atoms with E-state index in [1.54, 1.807) is 18.3 Å². The Morgan fingerprint density at radius 2 is 2.17 bits per heavy atom. The van der Waals surface area contributed by atoms with E-state index < -0.39 is 0 Å². The molecule has 0 fully saturated rings. The van der Waals surface area contributed by atoms with Crippen LogP contribution < -0.4 is 5.32 Å². The molecule has 0 saturated carbocycles. The van der Waals surface area contributed by atoms with Crippen molar-refractivity contribution in [2.24, 2.45) is 0 Å². The number of carbonyl (C=O) groups is 2. The molecule has 1 aromatic rings. The van der Waals surface area contributed by atoms with Crippen molar-refractivity contribution in [3.63, 3.8) is 0 Å². The van der Waals surface area contributed by atoms with Gasteiger partial charge in [0.15, 0.2) is 5.78 Å². The number of dihydropyridines is 1. The molecule has 2 heterocycles. The van der Waals surface area contributed by atoms with Gasteiger partial charge in [-0.05, 0) is 55.6 Å². The highest BCUT2D eigenvalue weighted by molar-refractivity contribution is 9.10. The Bertz CT molecular complexity index is 756. The Hall–Kier alpha value is -1.40. The van der Waals surface area contributed by atoms with E-state index in [9.17, 15) is 9.59 Å². The highest BCUT2D eigenvalue weighted by Gasteiger charge is 2.39. The smallest absolute Gasteiger partial charge is 0.336 e. The molecule has 1 atom stereocenters. The van der Waals surface area contributed by atoms with Crippen LogP contribution in [-0.2, 0) is 14.3 Å². The largest absolute Gasteiger partial charge is 0.463 e. The molecule has 1 aliphatic heterocycles. The molecule has 4 nitrogen and oxygen atoms in total. The van der Waals surface area contributed by atoms with Gasteiger partial charge in [0.1, 0.15) is 0 Å². The number of ether oxygens (including phenoxy) is 1. The van der Waals surface area contributed by atoms with Gasteiger partial charge in [0.25, 0.3) is 0 Å². The van der Waals surface area contributed by atoms with Crippen LogP contribution in [0.1, 0.15) is 48.8 Å². The minimum atomic E-state index is -0.348. The van der Waals surface area contributed by atoms with Crippen molar-refractivity contribution < 1.29 is 14.3 Å². The van der Waals surface area contributed by atoms with Gasteiger partial charge in [0.05, 0.1) is 18.1 Å². The van der Waals surface area contributed by atoms with Crippen LogP contribution in [0.5, 0.6) is 0 Å². The number of allylic oxidation sites excluding steroid dienone is 3. The zero-order valence-corrected chi connectivity index (χ0v) is 16.4. The average Bonchev–Trinajstić information content (AvgIpc) is 2.85. The predicted molar refractivity (Wildman–Crippen MR) is 97.8 cm³/mol. The molecule has 0 amide bonds. The molecule has 1 aliphatic carbocycles. The molecule has 0 saturated heterocycles. The first-order valence-electron chi connectivity index (χ1n) is 8.11. The van der Waals surface area contributed by atoms with Crippen molar-refractivity contribution in [2.75, 3.05) is 6.61 Å². The zero-order valence-electron chi connectivity index (χ0n) is 14.0. The number of halogens is 1. The van der Waals surface area contributed by atoms with Crippen LogP contribution >= 0.6 is 27.3 Å². The molecule has 0 radical (unpaired) electrons. The summed E-state index contributed by atoms with van der Waals surface area (Å²) in [5.41, 5.74) is 3.04. The van der Waals surface area contributed by atoms with Crippen LogP contribution in [-0.4, -0.2) is 18.4 Å².